The molecule has 1 N–H and O–H groups in total. The summed E-state index contributed by atoms with van der Waals surface area (Å²) in [6.45, 7) is 4.47. The van der Waals surface area contributed by atoms with Crippen LogP contribution in [0.2, 0.25) is 0 Å². The number of fused-ring (bicyclic) bond motifs is 3. The van der Waals surface area contributed by atoms with Gasteiger partial charge in [-0.15, -0.1) is 11.3 Å². The van der Waals surface area contributed by atoms with E-state index in [1.165, 1.54) is 11.3 Å². The highest BCUT2D eigenvalue weighted by atomic mass is 32.1. The molecule has 1 atom stereocenters. The van der Waals surface area contributed by atoms with Crippen molar-refractivity contribution in [1.29, 1.82) is 0 Å². The first-order valence-corrected chi connectivity index (χ1v) is 9.39. The van der Waals surface area contributed by atoms with Gasteiger partial charge < -0.3 is 10.0 Å². The molecular formula is C20H17N3O2S. The highest BCUT2D eigenvalue weighted by molar-refractivity contribution is 7.16. The van der Waals surface area contributed by atoms with Gasteiger partial charge in [0, 0.05) is 35.1 Å². The molecule has 0 amide bonds. The average Bonchev–Trinajstić information content (AvgIpc) is 3.13. The van der Waals surface area contributed by atoms with Crippen LogP contribution in [0.25, 0.3) is 10.9 Å². The Morgan fingerprint density at radius 1 is 1.27 bits per heavy atom. The fourth-order valence-corrected chi connectivity index (χ4v) is 4.85. The van der Waals surface area contributed by atoms with Crippen molar-refractivity contribution in [2.75, 3.05) is 11.4 Å². The molecule has 2 aliphatic rings. The first kappa shape index (κ1) is 15.7. The molecule has 0 radical (unpaired) electrons. The maximum atomic E-state index is 13.1. The van der Waals surface area contributed by atoms with E-state index in [9.17, 15) is 9.90 Å². The SMILES string of the molecule is Cc1sc2c(c1C)C(=O)[C@]1(O)CCN(c3ccc4ncccc4c3)C1=N2. The highest BCUT2D eigenvalue weighted by Gasteiger charge is 2.53. The Balaban J connectivity index is 1.67. The number of aliphatic imine (C=N–C) groups is 1. The lowest BCUT2D eigenvalue weighted by Crippen LogP contribution is -2.48. The average molecular weight is 363 g/mol. The zero-order valence-corrected chi connectivity index (χ0v) is 15.3. The number of aromatic nitrogens is 1. The molecule has 0 unspecified atom stereocenters. The molecule has 0 saturated carbocycles. The summed E-state index contributed by atoms with van der Waals surface area (Å²) >= 11 is 1.51. The molecule has 3 aromatic rings. The van der Waals surface area contributed by atoms with Crippen LogP contribution in [0.15, 0.2) is 41.5 Å². The third kappa shape index (κ3) is 1.97. The van der Waals surface area contributed by atoms with Crippen LogP contribution < -0.4 is 4.90 Å². The summed E-state index contributed by atoms with van der Waals surface area (Å²) in [4.78, 5) is 25.2. The summed E-state index contributed by atoms with van der Waals surface area (Å²) in [7, 11) is 0. The zero-order chi connectivity index (χ0) is 18.1. The Kier molecular flexibility index (Phi) is 3.14. The molecule has 5 rings (SSSR count). The molecule has 2 aliphatic heterocycles. The van der Waals surface area contributed by atoms with Crippen molar-refractivity contribution in [1.82, 2.24) is 4.98 Å². The second-order valence-electron chi connectivity index (χ2n) is 6.87. The van der Waals surface area contributed by atoms with E-state index in [4.69, 9.17) is 4.99 Å². The van der Waals surface area contributed by atoms with Gasteiger partial charge in [0.1, 0.15) is 5.00 Å². The molecule has 1 aromatic carbocycles. The van der Waals surface area contributed by atoms with Crippen LogP contribution in [0.1, 0.15) is 27.2 Å². The molecule has 130 valence electrons. The molecular weight excluding hydrogens is 346 g/mol. The summed E-state index contributed by atoms with van der Waals surface area (Å²) in [5.74, 6) is 0.226. The zero-order valence-electron chi connectivity index (χ0n) is 14.5. The van der Waals surface area contributed by atoms with Gasteiger partial charge >= 0.3 is 0 Å². The lowest BCUT2D eigenvalue weighted by atomic mass is 9.88. The number of rotatable bonds is 1. The maximum absolute atomic E-state index is 13.1. The minimum atomic E-state index is -1.53. The van der Waals surface area contributed by atoms with Crippen LogP contribution in [0.5, 0.6) is 0 Å². The number of pyridine rings is 1. The van der Waals surface area contributed by atoms with Gasteiger partial charge in [0.25, 0.3) is 0 Å². The van der Waals surface area contributed by atoms with Crippen LogP contribution in [0.3, 0.4) is 0 Å². The molecule has 6 heteroatoms. The van der Waals surface area contributed by atoms with Gasteiger partial charge in [-0.2, -0.15) is 0 Å². The molecule has 4 heterocycles. The van der Waals surface area contributed by atoms with Crippen molar-refractivity contribution in [2.45, 2.75) is 25.9 Å². The number of aliphatic hydroxyl groups is 1. The molecule has 0 spiro atoms. The standard InChI is InChI=1S/C20H17N3O2S/c1-11-12(2)26-18-16(11)17(24)20(25)7-9-23(19(20)22-18)14-5-6-15-13(10-14)4-3-8-21-15/h3-6,8,10,25H,7,9H2,1-2H3/t20-/m1/s1. The Bertz CT molecular complexity index is 1120. The maximum Gasteiger partial charge on any atom is 0.205 e. The van der Waals surface area contributed by atoms with E-state index in [0.717, 1.165) is 27.0 Å². The number of amidine groups is 1. The quantitative estimate of drug-likeness (QED) is 0.714. The number of hydrogen-bond acceptors (Lipinski definition) is 6. The van der Waals surface area contributed by atoms with E-state index in [2.05, 4.69) is 4.98 Å². The van der Waals surface area contributed by atoms with E-state index in [-0.39, 0.29) is 5.78 Å². The van der Waals surface area contributed by atoms with E-state index < -0.39 is 5.60 Å². The van der Waals surface area contributed by atoms with Crippen molar-refractivity contribution in [2.24, 2.45) is 4.99 Å². The van der Waals surface area contributed by atoms with Gasteiger partial charge in [0.05, 0.1) is 11.1 Å². The normalized spacial score (nSPS) is 21.7. The predicted molar refractivity (Wildman–Crippen MR) is 104 cm³/mol. The molecule has 1 saturated heterocycles. The van der Waals surface area contributed by atoms with Gasteiger partial charge in [-0.25, -0.2) is 4.99 Å². The molecule has 0 bridgehead atoms. The predicted octanol–water partition coefficient (Wildman–Crippen LogP) is 3.78. The number of anilines is 1. The van der Waals surface area contributed by atoms with Crippen LogP contribution in [0, 0.1) is 13.8 Å². The minimum Gasteiger partial charge on any atom is -0.374 e. The lowest BCUT2D eigenvalue weighted by Gasteiger charge is -2.29. The smallest absolute Gasteiger partial charge is 0.205 e. The van der Waals surface area contributed by atoms with Crippen LogP contribution >= 0.6 is 11.3 Å². The minimum absolute atomic E-state index is 0.218. The molecule has 5 nitrogen and oxygen atoms in total. The number of carbonyl (C=O) groups is 1. The van der Waals surface area contributed by atoms with E-state index in [0.29, 0.717) is 29.4 Å². The van der Waals surface area contributed by atoms with E-state index in [1.807, 2.05) is 49.1 Å². The summed E-state index contributed by atoms with van der Waals surface area (Å²) in [5, 5.41) is 12.9. The largest absolute Gasteiger partial charge is 0.374 e. The van der Waals surface area contributed by atoms with Crippen LogP contribution in [-0.4, -0.2) is 33.9 Å². The van der Waals surface area contributed by atoms with Crippen molar-refractivity contribution in [3.8, 4) is 0 Å². The Hall–Kier alpha value is -2.57. The number of aryl methyl sites for hydroxylation is 1. The summed E-state index contributed by atoms with van der Waals surface area (Å²) in [6, 6.07) is 9.86. The first-order valence-electron chi connectivity index (χ1n) is 8.58. The second-order valence-corrected chi connectivity index (χ2v) is 8.07. The van der Waals surface area contributed by atoms with Crippen molar-refractivity contribution in [3.05, 3.63) is 52.5 Å². The van der Waals surface area contributed by atoms with Gasteiger partial charge in [-0.3, -0.25) is 9.78 Å². The van der Waals surface area contributed by atoms with Crippen molar-refractivity contribution in [3.63, 3.8) is 0 Å². The number of Topliss-reactive ketones (excluding diaryl/α,β-unsaturated/α-hetero) is 1. The van der Waals surface area contributed by atoms with Crippen molar-refractivity contribution >= 4 is 44.5 Å². The summed E-state index contributed by atoms with van der Waals surface area (Å²) < 4.78 is 0. The number of benzene rings is 1. The lowest BCUT2D eigenvalue weighted by molar-refractivity contribution is 0.0602. The van der Waals surface area contributed by atoms with E-state index in [1.54, 1.807) is 6.20 Å². The topological polar surface area (TPSA) is 65.8 Å². The number of nitrogens with zero attached hydrogens (tertiary/aromatic N) is 3. The fourth-order valence-electron chi connectivity index (χ4n) is 3.82. The van der Waals surface area contributed by atoms with Gasteiger partial charge in [-0.05, 0) is 43.7 Å². The summed E-state index contributed by atoms with van der Waals surface area (Å²) in [6.07, 6.45) is 2.12. The molecule has 2 aromatic heterocycles. The van der Waals surface area contributed by atoms with Crippen LogP contribution in [-0.2, 0) is 0 Å². The first-order chi connectivity index (χ1) is 12.5. The molecule has 0 aliphatic carbocycles. The Labute approximate surface area is 154 Å². The monoisotopic (exact) mass is 363 g/mol. The Morgan fingerprint density at radius 2 is 2.12 bits per heavy atom. The fraction of sp³-hybridized carbons (Fsp3) is 0.250. The van der Waals surface area contributed by atoms with Crippen molar-refractivity contribution < 1.29 is 9.90 Å². The summed E-state index contributed by atoms with van der Waals surface area (Å²) in [5.41, 5.74) is 1.82. The third-order valence-corrected chi connectivity index (χ3v) is 6.50. The Morgan fingerprint density at radius 3 is 2.96 bits per heavy atom. The molecule has 1 fully saturated rings. The van der Waals surface area contributed by atoms with Gasteiger partial charge in [0.2, 0.25) is 5.78 Å². The third-order valence-electron chi connectivity index (χ3n) is 5.40. The van der Waals surface area contributed by atoms with E-state index >= 15 is 0 Å². The number of hydrogen-bond donors (Lipinski definition) is 1. The van der Waals surface area contributed by atoms with Gasteiger partial charge in [-0.1, -0.05) is 6.07 Å². The number of ketones is 1. The second kappa shape index (κ2) is 5.22. The van der Waals surface area contributed by atoms with Gasteiger partial charge in [0.15, 0.2) is 11.4 Å². The number of thiophene rings is 1. The highest BCUT2D eigenvalue weighted by Crippen LogP contribution is 2.45. The number of carbonyl (C=O) groups excluding carboxylic acids is 1. The molecule has 26 heavy (non-hydrogen) atoms. The van der Waals surface area contributed by atoms with Crippen LogP contribution in [0.4, 0.5) is 10.7 Å².